The van der Waals surface area contributed by atoms with Gasteiger partial charge in [-0.05, 0) is 57.0 Å². The topological polar surface area (TPSA) is 51.0 Å². The van der Waals surface area contributed by atoms with E-state index in [9.17, 15) is 4.79 Å². The van der Waals surface area contributed by atoms with Gasteiger partial charge in [0.1, 0.15) is 12.7 Å². The minimum absolute atomic E-state index is 0.0558. The molecular weight excluding hydrogens is 324 g/mol. The standard InChI is InChI=1S/C21H24N4O/c1-15(2)25(16(3)4)21(26)20-11-6-5-10-19(20)17-8-7-9-18(12-17)24-13-22-23-14-24/h5-16H,1-4H3. The van der Waals surface area contributed by atoms with Crippen molar-refractivity contribution in [1.82, 2.24) is 19.7 Å². The van der Waals surface area contributed by atoms with Gasteiger partial charge in [-0.2, -0.15) is 0 Å². The minimum atomic E-state index is 0.0558. The number of carbonyl (C=O) groups is 1. The predicted molar refractivity (Wildman–Crippen MR) is 103 cm³/mol. The number of amides is 1. The zero-order valence-corrected chi connectivity index (χ0v) is 15.6. The number of benzene rings is 2. The molecule has 3 aromatic rings. The Hall–Kier alpha value is -2.95. The molecule has 0 aliphatic heterocycles. The third kappa shape index (κ3) is 3.52. The van der Waals surface area contributed by atoms with Crippen molar-refractivity contribution in [3.63, 3.8) is 0 Å². The third-order valence-corrected chi connectivity index (χ3v) is 4.38. The molecule has 0 bridgehead atoms. The van der Waals surface area contributed by atoms with Gasteiger partial charge in [-0.15, -0.1) is 10.2 Å². The van der Waals surface area contributed by atoms with E-state index in [1.165, 1.54) is 0 Å². The van der Waals surface area contributed by atoms with E-state index in [1.54, 1.807) is 12.7 Å². The largest absolute Gasteiger partial charge is 0.334 e. The van der Waals surface area contributed by atoms with Crippen LogP contribution >= 0.6 is 0 Å². The summed E-state index contributed by atoms with van der Waals surface area (Å²) in [6.45, 7) is 8.20. The van der Waals surface area contributed by atoms with Crippen LogP contribution in [0.25, 0.3) is 16.8 Å². The molecule has 0 radical (unpaired) electrons. The van der Waals surface area contributed by atoms with Crippen molar-refractivity contribution in [3.05, 3.63) is 66.7 Å². The van der Waals surface area contributed by atoms with E-state index in [4.69, 9.17) is 0 Å². The number of nitrogens with zero attached hydrogens (tertiary/aromatic N) is 4. The normalized spacial score (nSPS) is 11.2. The summed E-state index contributed by atoms with van der Waals surface area (Å²) in [6, 6.07) is 16.1. The minimum Gasteiger partial charge on any atom is -0.334 e. The summed E-state index contributed by atoms with van der Waals surface area (Å²) in [5.41, 5.74) is 3.60. The van der Waals surface area contributed by atoms with Crippen LogP contribution in [-0.2, 0) is 0 Å². The lowest BCUT2D eigenvalue weighted by Gasteiger charge is -2.31. The average molecular weight is 348 g/mol. The molecule has 5 nitrogen and oxygen atoms in total. The molecule has 0 saturated heterocycles. The van der Waals surface area contributed by atoms with Gasteiger partial charge in [0.2, 0.25) is 0 Å². The molecule has 0 aliphatic carbocycles. The molecule has 5 heteroatoms. The molecule has 0 spiro atoms. The van der Waals surface area contributed by atoms with E-state index < -0.39 is 0 Å². The van der Waals surface area contributed by atoms with Crippen LogP contribution in [0.4, 0.5) is 0 Å². The fourth-order valence-corrected chi connectivity index (χ4v) is 3.29. The predicted octanol–water partition coefficient (Wildman–Crippen LogP) is 4.19. The summed E-state index contributed by atoms with van der Waals surface area (Å²) in [6.07, 6.45) is 3.32. The molecular formula is C21H24N4O. The smallest absolute Gasteiger partial charge is 0.254 e. The highest BCUT2D eigenvalue weighted by Gasteiger charge is 2.23. The first kappa shape index (κ1) is 17.9. The summed E-state index contributed by atoms with van der Waals surface area (Å²) in [7, 11) is 0. The fourth-order valence-electron chi connectivity index (χ4n) is 3.29. The number of rotatable bonds is 5. The second kappa shape index (κ2) is 7.52. The van der Waals surface area contributed by atoms with Gasteiger partial charge in [0.15, 0.2) is 0 Å². The molecule has 3 rings (SSSR count). The summed E-state index contributed by atoms with van der Waals surface area (Å²) in [4.78, 5) is 15.2. The monoisotopic (exact) mass is 348 g/mol. The number of hydrogen-bond donors (Lipinski definition) is 0. The van der Waals surface area contributed by atoms with Gasteiger partial charge in [0.05, 0.1) is 0 Å². The maximum absolute atomic E-state index is 13.2. The molecule has 2 aromatic carbocycles. The van der Waals surface area contributed by atoms with Crippen LogP contribution in [0.5, 0.6) is 0 Å². The van der Waals surface area contributed by atoms with Crippen molar-refractivity contribution in [2.24, 2.45) is 0 Å². The Bertz CT molecular complexity index is 877. The van der Waals surface area contributed by atoms with Crippen LogP contribution in [0.2, 0.25) is 0 Å². The SMILES string of the molecule is CC(C)N(C(=O)c1ccccc1-c1cccc(-n2cnnc2)c1)C(C)C. The van der Waals surface area contributed by atoms with Gasteiger partial charge in [-0.3, -0.25) is 9.36 Å². The van der Waals surface area contributed by atoms with Crippen LogP contribution in [-0.4, -0.2) is 37.7 Å². The lowest BCUT2D eigenvalue weighted by atomic mass is 9.97. The number of hydrogen-bond acceptors (Lipinski definition) is 3. The first-order valence-electron chi connectivity index (χ1n) is 8.86. The van der Waals surface area contributed by atoms with Gasteiger partial charge in [-0.25, -0.2) is 0 Å². The summed E-state index contributed by atoms with van der Waals surface area (Å²) in [5, 5.41) is 7.72. The molecule has 0 N–H and O–H groups in total. The molecule has 0 atom stereocenters. The summed E-state index contributed by atoms with van der Waals surface area (Å²) in [5.74, 6) is 0.0558. The maximum atomic E-state index is 13.2. The Kier molecular flexibility index (Phi) is 5.16. The Morgan fingerprint density at radius 2 is 1.58 bits per heavy atom. The fraction of sp³-hybridized carbons (Fsp3) is 0.286. The van der Waals surface area contributed by atoms with Crippen LogP contribution in [0, 0.1) is 0 Å². The molecule has 26 heavy (non-hydrogen) atoms. The van der Waals surface area contributed by atoms with E-state index in [-0.39, 0.29) is 18.0 Å². The zero-order valence-electron chi connectivity index (χ0n) is 15.6. The van der Waals surface area contributed by atoms with Crippen LogP contribution < -0.4 is 0 Å². The Balaban J connectivity index is 2.05. The second-order valence-corrected chi connectivity index (χ2v) is 6.86. The first-order chi connectivity index (χ1) is 12.5. The lowest BCUT2D eigenvalue weighted by molar-refractivity contribution is 0.0644. The van der Waals surface area contributed by atoms with Gasteiger partial charge < -0.3 is 4.90 Å². The van der Waals surface area contributed by atoms with Crippen molar-refractivity contribution in [1.29, 1.82) is 0 Å². The molecule has 1 aromatic heterocycles. The number of aromatic nitrogens is 3. The molecule has 1 amide bonds. The second-order valence-electron chi connectivity index (χ2n) is 6.86. The third-order valence-electron chi connectivity index (χ3n) is 4.38. The van der Waals surface area contributed by atoms with Crippen molar-refractivity contribution >= 4 is 5.91 Å². The highest BCUT2D eigenvalue weighted by atomic mass is 16.2. The van der Waals surface area contributed by atoms with Gasteiger partial charge in [-0.1, -0.05) is 30.3 Å². The highest BCUT2D eigenvalue weighted by molar-refractivity contribution is 6.01. The van der Waals surface area contributed by atoms with E-state index in [2.05, 4.69) is 10.2 Å². The first-order valence-corrected chi connectivity index (χ1v) is 8.86. The van der Waals surface area contributed by atoms with Crippen LogP contribution in [0.1, 0.15) is 38.1 Å². The molecule has 0 saturated carbocycles. The quantitative estimate of drug-likeness (QED) is 0.694. The molecule has 1 heterocycles. The molecule has 0 aliphatic rings. The Morgan fingerprint density at radius 1 is 0.923 bits per heavy atom. The van der Waals surface area contributed by atoms with Crippen molar-refractivity contribution in [2.45, 2.75) is 39.8 Å². The van der Waals surface area contributed by atoms with Crippen molar-refractivity contribution in [3.8, 4) is 16.8 Å². The van der Waals surface area contributed by atoms with Crippen LogP contribution in [0.3, 0.4) is 0 Å². The highest BCUT2D eigenvalue weighted by Crippen LogP contribution is 2.27. The number of carbonyl (C=O) groups excluding carboxylic acids is 1. The summed E-state index contributed by atoms with van der Waals surface area (Å²) < 4.78 is 1.85. The van der Waals surface area contributed by atoms with Crippen molar-refractivity contribution < 1.29 is 4.79 Å². The Labute approximate surface area is 154 Å². The van der Waals surface area contributed by atoms with Crippen LogP contribution in [0.15, 0.2) is 61.2 Å². The van der Waals surface area contributed by atoms with E-state index in [0.29, 0.717) is 0 Å². The molecule has 134 valence electrons. The van der Waals surface area contributed by atoms with E-state index in [1.807, 2.05) is 85.7 Å². The van der Waals surface area contributed by atoms with E-state index in [0.717, 1.165) is 22.4 Å². The van der Waals surface area contributed by atoms with Gasteiger partial charge in [0.25, 0.3) is 5.91 Å². The zero-order chi connectivity index (χ0) is 18.7. The molecule has 0 unspecified atom stereocenters. The molecule has 0 fully saturated rings. The van der Waals surface area contributed by atoms with Crippen molar-refractivity contribution in [2.75, 3.05) is 0 Å². The van der Waals surface area contributed by atoms with E-state index >= 15 is 0 Å². The Morgan fingerprint density at radius 3 is 2.23 bits per heavy atom. The lowest BCUT2D eigenvalue weighted by Crippen LogP contribution is -2.42. The average Bonchev–Trinajstić information content (AvgIpc) is 3.16. The maximum Gasteiger partial charge on any atom is 0.254 e. The van der Waals surface area contributed by atoms with Gasteiger partial charge in [0, 0.05) is 23.3 Å². The summed E-state index contributed by atoms with van der Waals surface area (Å²) >= 11 is 0. The van der Waals surface area contributed by atoms with Gasteiger partial charge >= 0.3 is 0 Å².